The van der Waals surface area contributed by atoms with Crippen LogP contribution in [0.4, 0.5) is 5.69 Å². The van der Waals surface area contributed by atoms with E-state index < -0.39 is 5.91 Å². The maximum atomic E-state index is 12.9. The van der Waals surface area contributed by atoms with Gasteiger partial charge in [-0.3, -0.25) is 4.79 Å². The zero-order valence-electron chi connectivity index (χ0n) is 20.4. The van der Waals surface area contributed by atoms with Crippen LogP contribution in [0.5, 0.6) is 11.5 Å². The van der Waals surface area contributed by atoms with Crippen LogP contribution < -0.4 is 14.8 Å². The van der Waals surface area contributed by atoms with Gasteiger partial charge in [-0.1, -0.05) is 53.0 Å². The fourth-order valence-electron chi connectivity index (χ4n) is 3.54. The van der Waals surface area contributed by atoms with Gasteiger partial charge in [0.05, 0.1) is 6.61 Å². The van der Waals surface area contributed by atoms with Crippen molar-refractivity contribution in [2.24, 2.45) is 0 Å². The Bertz CT molecular complexity index is 1390. The number of carbonyl (C=O) groups is 1. The van der Waals surface area contributed by atoms with E-state index in [4.69, 9.17) is 44.3 Å². The lowest BCUT2D eigenvalue weighted by atomic mass is 10.0. The Morgan fingerprint density at radius 2 is 1.86 bits per heavy atom. The monoisotopic (exact) mass is 554 g/mol. The van der Waals surface area contributed by atoms with E-state index in [0.29, 0.717) is 56.4 Å². The zero-order chi connectivity index (χ0) is 26.9. The first-order chi connectivity index (χ1) is 17.8. The van der Waals surface area contributed by atoms with E-state index in [9.17, 15) is 10.1 Å². The minimum absolute atomic E-state index is 0.0759. The lowest BCUT2D eigenvalue weighted by molar-refractivity contribution is -0.112. The number of nitriles is 1. The van der Waals surface area contributed by atoms with Crippen LogP contribution in [0.15, 0.2) is 66.8 Å². The Balaban J connectivity index is 1.95. The fourth-order valence-corrected chi connectivity index (χ4v) is 4.17. The quantitative estimate of drug-likeness (QED) is 0.155. The predicted octanol–water partition coefficient (Wildman–Crippen LogP) is 8.21. The van der Waals surface area contributed by atoms with Gasteiger partial charge in [0, 0.05) is 31.9 Å². The van der Waals surface area contributed by atoms with E-state index >= 15 is 0 Å². The van der Waals surface area contributed by atoms with Crippen LogP contribution in [-0.2, 0) is 17.8 Å². The van der Waals surface area contributed by atoms with Gasteiger partial charge in [-0.05, 0) is 73.9 Å². The van der Waals surface area contributed by atoms with Gasteiger partial charge in [0.2, 0.25) is 0 Å². The lowest BCUT2D eigenvalue weighted by Gasteiger charge is -2.17. The van der Waals surface area contributed by atoms with Gasteiger partial charge in [-0.15, -0.1) is 6.58 Å². The van der Waals surface area contributed by atoms with Crippen LogP contribution in [0, 0.1) is 18.3 Å². The van der Waals surface area contributed by atoms with Crippen molar-refractivity contribution < 1.29 is 14.3 Å². The summed E-state index contributed by atoms with van der Waals surface area (Å²) >= 11 is 18.5. The first-order valence-electron chi connectivity index (χ1n) is 11.4. The highest BCUT2D eigenvalue weighted by molar-refractivity contribution is 6.35. The van der Waals surface area contributed by atoms with E-state index in [0.717, 1.165) is 11.1 Å². The van der Waals surface area contributed by atoms with Gasteiger partial charge in [0.1, 0.15) is 18.2 Å². The molecule has 190 valence electrons. The predicted molar refractivity (Wildman–Crippen MR) is 151 cm³/mol. The number of anilines is 1. The molecular formula is C29H25Cl3N2O3. The summed E-state index contributed by atoms with van der Waals surface area (Å²) in [6.45, 7) is 8.07. The number of nitrogens with zero attached hydrogens (tertiary/aromatic N) is 1. The molecule has 0 radical (unpaired) electrons. The molecule has 0 aliphatic heterocycles. The number of amides is 1. The molecule has 3 rings (SSSR count). The maximum Gasteiger partial charge on any atom is 0.266 e. The van der Waals surface area contributed by atoms with Crippen LogP contribution in [-0.4, -0.2) is 12.5 Å². The summed E-state index contributed by atoms with van der Waals surface area (Å²) in [5.41, 5.74) is 3.32. The number of ether oxygens (including phenoxy) is 2. The molecule has 1 amide bonds. The topological polar surface area (TPSA) is 71.4 Å². The Morgan fingerprint density at radius 3 is 2.54 bits per heavy atom. The van der Waals surface area contributed by atoms with Crippen LogP contribution in [0.3, 0.4) is 0 Å². The molecule has 37 heavy (non-hydrogen) atoms. The molecule has 0 aliphatic carbocycles. The average molecular weight is 556 g/mol. The van der Waals surface area contributed by atoms with Crippen molar-refractivity contribution in [3.63, 3.8) is 0 Å². The Kier molecular flexibility index (Phi) is 10.0. The number of allylic oxidation sites excluding steroid dienone is 1. The third kappa shape index (κ3) is 7.30. The standard InChI is InChI=1S/C29H25Cl3N2O3/c1-4-7-20-12-19(13-22(16-33)29(35)34-26-9-6-8-24(31)18(26)3)14-27(36-5-2)28(20)37-17-21-10-11-23(30)15-25(21)32/h4,6,8-15H,1,5,7,17H2,2-3H3,(H,34,35)/b22-13-. The summed E-state index contributed by atoms with van der Waals surface area (Å²) in [6.07, 6.45) is 3.71. The number of carbonyl (C=O) groups excluding carboxylic acids is 1. The minimum atomic E-state index is -0.547. The third-order valence-corrected chi connectivity index (χ3v) is 6.39. The Hall–Kier alpha value is -3.43. The highest BCUT2D eigenvalue weighted by atomic mass is 35.5. The molecular weight excluding hydrogens is 531 g/mol. The van der Waals surface area contributed by atoms with Gasteiger partial charge < -0.3 is 14.8 Å². The molecule has 0 atom stereocenters. The van der Waals surface area contributed by atoms with Crippen LogP contribution in [0.25, 0.3) is 6.08 Å². The molecule has 5 nitrogen and oxygen atoms in total. The summed E-state index contributed by atoms with van der Waals surface area (Å²) in [7, 11) is 0. The van der Waals surface area contributed by atoms with Gasteiger partial charge in [0.15, 0.2) is 11.5 Å². The zero-order valence-corrected chi connectivity index (χ0v) is 22.7. The molecule has 1 N–H and O–H groups in total. The van der Waals surface area contributed by atoms with E-state index in [2.05, 4.69) is 11.9 Å². The Labute approximate surface area is 231 Å². The summed E-state index contributed by atoms with van der Waals surface area (Å²) in [5, 5.41) is 14.0. The second kappa shape index (κ2) is 13.2. The first-order valence-corrected chi connectivity index (χ1v) is 12.6. The summed E-state index contributed by atoms with van der Waals surface area (Å²) in [6, 6.07) is 15.9. The molecule has 8 heteroatoms. The average Bonchev–Trinajstić information content (AvgIpc) is 2.86. The van der Waals surface area contributed by atoms with Gasteiger partial charge in [-0.2, -0.15) is 5.26 Å². The summed E-state index contributed by atoms with van der Waals surface area (Å²) in [4.78, 5) is 12.9. The van der Waals surface area contributed by atoms with Gasteiger partial charge in [0.25, 0.3) is 5.91 Å². The Morgan fingerprint density at radius 1 is 1.08 bits per heavy atom. The number of halogens is 3. The molecule has 0 fully saturated rings. The first kappa shape index (κ1) is 28.1. The molecule has 0 spiro atoms. The lowest BCUT2D eigenvalue weighted by Crippen LogP contribution is -2.14. The van der Waals surface area contributed by atoms with Crippen LogP contribution in [0.2, 0.25) is 15.1 Å². The number of nitrogens with one attached hydrogen (secondary N) is 1. The van der Waals surface area contributed by atoms with E-state index in [1.54, 1.807) is 55.5 Å². The number of benzene rings is 3. The molecule has 0 unspecified atom stereocenters. The SMILES string of the molecule is C=CCc1cc(/C=C(/C#N)C(=O)Nc2cccc(Cl)c2C)cc(OCC)c1OCc1ccc(Cl)cc1Cl. The van der Waals surface area contributed by atoms with Crippen molar-refractivity contribution in [3.05, 3.63) is 104 Å². The van der Waals surface area contributed by atoms with Crippen LogP contribution >= 0.6 is 34.8 Å². The smallest absolute Gasteiger partial charge is 0.266 e. The second-order valence-electron chi connectivity index (χ2n) is 7.99. The second-order valence-corrected chi connectivity index (χ2v) is 9.24. The fraction of sp³-hybridized carbons (Fsp3) is 0.172. The molecule has 0 saturated carbocycles. The van der Waals surface area contributed by atoms with Crippen LogP contribution in [0.1, 0.15) is 29.2 Å². The third-order valence-electron chi connectivity index (χ3n) is 5.40. The number of rotatable bonds is 10. The molecule has 0 aliphatic rings. The van der Waals surface area contributed by atoms with Crippen molar-refractivity contribution >= 4 is 52.5 Å². The van der Waals surface area contributed by atoms with E-state index in [1.807, 2.05) is 19.1 Å². The molecule has 0 heterocycles. The highest BCUT2D eigenvalue weighted by Crippen LogP contribution is 2.36. The normalized spacial score (nSPS) is 11.0. The van der Waals surface area contributed by atoms with Crippen molar-refractivity contribution in [2.45, 2.75) is 26.9 Å². The highest BCUT2D eigenvalue weighted by Gasteiger charge is 2.17. The van der Waals surface area contributed by atoms with Crippen molar-refractivity contribution in [2.75, 3.05) is 11.9 Å². The minimum Gasteiger partial charge on any atom is -0.490 e. The molecule has 0 saturated heterocycles. The summed E-state index contributed by atoms with van der Waals surface area (Å²) < 4.78 is 12.0. The molecule has 3 aromatic carbocycles. The largest absolute Gasteiger partial charge is 0.490 e. The molecule has 0 aromatic heterocycles. The molecule has 0 bridgehead atoms. The van der Waals surface area contributed by atoms with Crippen molar-refractivity contribution in [1.29, 1.82) is 5.26 Å². The van der Waals surface area contributed by atoms with Gasteiger partial charge in [-0.25, -0.2) is 0 Å². The maximum absolute atomic E-state index is 12.9. The van der Waals surface area contributed by atoms with E-state index in [-0.39, 0.29) is 12.2 Å². The number of hydrogen-bond acceptors (Lipinski definition) is 4. The molecule has 3 aromatic rings. The van der Waals surface area contributed by atoms with Crippen molar-refractivity contribution in [1.82, 2.24) is 0 Å². The van der Waals surface area contributed by atoms with Gasteiger partial charge >= 0.3 is 0 Å². The van der Waals surface area contributed by atoms with E-state index in [1.165, 1.54) is 6.08 Å². The summed E-state index contributed by atoms with van der Waals surface area (Å²) in [5.74, 6) is 0.456. The number of hydrogen-bond donors (Lipinski definition) is 1. The van der Waals surface area contributed by atoms with Crippen molar-refractivity contribution in [3.8, 4) is 17.6 Å².